The van der Waals surface area contributed by atoms with Crippen LogP contribution in [0.1, 0.15) is 18.7 Å². The molecule has 0 radical (unpaired) electrons. The fourth-order valence-electron chi connectivity index (χ4n) is 3.91. The molecular weight excluding hydrogens is 382 g/mol. The molecule has 0 unspecified atom stereocenters. The van der Waals surface area contributed by atoms with Crippen LogP contribution in [0.4, 0.5) is 5.82 Å². The van der Waals surface area contributed by atoms with E-state index in [4.69, 9.17) is 4.98 Å². The molecule has 0 bridgehead atoms. The summed E-state index contributed by atoms with van der Waals surface area (Å²) in [6.45, 7) is 4.23. The molecule has 10 nitrogen and oxygen atoms in total. The molecule has 0 atom stereocenters. The van der Waals surface area contributed by atoms with Gasteiger partial charge in [-0.15, -0.1) is 5.10 Å². The predicted octanol–water partition coefficient (Wildman–Crippen LogP) is 1.39. The quantitative estimate of drug-likeness (QED) is 0.503. The van der Waals surface area contributed by atoms with Crippen LogP contribution in [0.15, 0.2) is 48.0 Å². The van der Waals surface area contributed by atoms with E-state index < -0.39 is 0 Å². The van der Waals surface area contributed by atoms with Crippen molar-refractivity contribution in [2.24, 2.45) is 5.92 Å². The van der Waals surface area contributed by atoms with Crippen LogP contribution in [-0.2, 0) is 6.54 Å². The minimum Gasteiger partial charge on any atom is -0.356 e. The Morgan fingerprint density at radius 3 is 2.77 bits per heavy atom. The van der Waals surface area contributed by atoms with Crippen LogP contribution in [0.25, 0.3) is 16.7 Å². The van der Waals surface area contributed by atoms with E-state index in [-0.39, 0.29) is 5.56 Å². The predicted molar refractivity (Wildman–Crippen MR) is 110 cm³/mol. The van der Waals surface area contributed by atoms with Crippen LogP contribution in [-0.4, -0.2) is 52.6 Å². The third kappa shape index (κ3) is 3.51. The van der Waals surface area contributed by atoms with Gasteiger partial charge in [0, 0.05) is 37.3 Å². The molecule has 4 aromatic rings. The van der Waals surface area contributed by atoms with Crippen molar-refractivity contribution in [3.63, 3.8) is 0 Å². The average Bonchev–Trinajstić information content (AvgIpc) is 3.30. The number of nitrogens with zero attached hydrogens (tertiary/aromatic N) is 9. The third-order valence-corrected chi connectivity index (χ3v) is 5.44. The Morgan fingerprint density at radius 1 is 1.10 bits per heavy atom. The minimum absolute atomic E-state index is 0.105. The largest absolute Gasteiger partial charge is 0.356 e. The van der Waals surface area contributed by atoms with Crippen molar-refractivity contribution in [1.82, 2.24) is 39.5 Å². The number of aromatic nitrogens is 8. The third-order valence-electron chi connectivity index (χ3n) is 5.44. The number of anilines is 1. The summed E-state index contributed by atoms with van der Waals surface area (Å²) in [5.41, 5.74) is 0.758. The van der Waals surface area contributed by atoms with Gasteiger partial charge in [-0.3, -0.25) is 9.78 Å². The summed E-state index contributed by atoms with van der Waals surface area (Å²) in [6, 6.07) is 5.16. The summed E-state index contributed by atoms with van der Waals surface area (Å²) >= 11 is 0. The fourth-order valence-corrected chi connectivity index (χ4v) is 3.91. The van der Waals surface area contributed by atoms with Gasteiger partial charge in [-0.05, 0) is 37.8 Å². The number of hydrogen-bond acceptors (Lipinski definition) is 8. The Hall–Kier alpha value is -3.69. The zero-order chi connectivity index (χ0) is 20.5. The summed E-state index contributed by atoms with van der Waals surface area (Å²) in [5, 5.41) is 9.57. The van der Waals surface area contributed by atoms with E-state index in [0.29, 0.717) is 18.3 Å². The lowest BCUT2D eigenvalue weighted by Crippen LogP contribution is -2.37. The van der Waals surface area contributed by atoms with E-state index in [2.05, 4.69) is 30.0 Å². The van der Waals surface area contributed by atoms with Gasteiger partial charge >= 0.3 is 0 Å². The first-order valence-electron chi connectivity index (χ1n) is 9.94. The molecule has 1 aliphatic rings. The van der Waals surface area contributed by atoms with Gasteiger partial charge in [-0.25, -0.2) is 24.3 Å². The van der Waals surface area contributed by atoms with Gasteiger partial charge in [-0.1, -0.05) is 0 Å². The number of rotatable bonds is 4. The molecular formula is C20H21N9O. The van der Waals surface area contributed by atoms with Gasteiger partial charge in [-0.2, -0.15) is 5.10 Å². The maximum absolute atomic E-state index is 12.3. The first-order valence-corrected chi connectivity index (χ1v) is 9.94. The van der Waals surface area contributed by atoms with Crippen molar-refractivity contribution in [3.8, 4) is 5.82 Å². The van der Waals surface area contributed by atoms with Gasteiger partial charge in [0.05, 0.1) is 11.7 Å². The Kier molecular flexibility index (Phi) is 4.66. The highest BCUT2D eigenvalue weighted by molar-refractivity contribution is 5.88. The first-order chi connectivity index (χ1) is 14.7. The van der Waals surface area contributed by atoms with E-state index in [1.807, 2.05) is 13.0 Å². The van der Waals surface area contributed by atoms with Crippen molar-refractivity contribution in [2.45, 2.75) is 26.3 Å². The summed E-state index contributed by atoms with van der Waals surface area (Å²) in [6.07, 6.45) is 8.48. The van der Waals surface area contributed by atoms with Crippen LogP contribution in [0.2, 0.25) is 0 Å². The molecule has 1 saturated heterocycles. The lowest BCUT2D eigenvalue weighted by Gasteiger charge is -2.33. The summed E-state index contributed by atoms with van der Waals surface area (Å²) < 4.78 is 3.09. The van der Waals surface area contributed by atoms with Crippen molar-refractivity contribution < 1.29 is 0 Å². The van der Waals surface area contributed by atoms with E-state index in [9.17, 15) is 4.79 Å². The standard InChI is InChI=1S/C20H21N9O/c1-14-24-17-10-21-7-4-16(17)20(25-14)27-8-5-15(6-9-27)11-28-19(30)3-2-18(26-28)29-13-22-12-23-29/h2-4,7,10,12-13,15H,5-6,8-9,11H2,1H3. The SMILES string of the molecule is Cc1nc(N2CCC(Cn3nc(-n4cncn4)ccc3=O)CC2)c2ccncc2n1. The minimum atomic E-state index is -0.105. The number of aryl methyl sites for hydroxylation is 1. The smallest absolute Gasteiger partial charge is 0.266 e. The van der Waals surface area contributed by atoms with Crippen LogP contribution in [0, 0.1) is 12.8 Å². The number of pyridine rings is 1. The van der Waals surface area contributed by atoms with Crippen molar-refractivity contribution in [3.05, 3.63) is 59.4 Å². The average molecular weight is 403 g/mol. The molecule has 0 aliphatic carbocycles. The van der Waals surface area contributed by atoms with E-state index in [1.165, 1.54) is 17.1 Å². The lowest BCUT2D eigenvalue weighted by atomic mass is 9.96. The van der Waals surface area contributed by atoms with Gasteiger partial charge in [0.25, 0.3) is 5.56 Å². The van der Waals surface area contributed by atoms with E-state index >= 15 is 0 Å². The molecule has 5 rings (SSSR count). The molecule has 30 heavy (non-hydrogen) atoms. The summed E-state index contributed by atoms with van der Waals surface area (Å²) in [4.78, 5) is 31.9. The fraction of sp³-hybridized carbons (Fsp3) is 0.350. The number of hydrogen-bond donors (Lipinski definition) is 0. The van der Waals surface area contributed by atoms with Gasteiger partial charge in [0.15, 0.2) is 5.82 Å². The molecule has 0 saturated carbocycles. The van der Waals surface area contributed by atoms with Gasteiger partial charge in [0.2, 0.25) is 0 Å². The second kappa shape index (κ2) is 7.62. The molecule has 1 aliphatic heterocycles. The maximum atomic E-state index is 12.3. The molecule has 5 heterocycles. The highest BCUT2D eigenvalue weighted by Crippen LogP contribution is 2.28. The first kappa shape index (κ1) is 18.3. The van der Waals surface area contributed by atoms with Crippen molar-refractivity contribution >= 4 is 16.7 Å². The summed E-state index contributed by atoms with van der Waals surface area (Å²) in [7, 11) is 0. The van der Waals surface area contributed by atoms with Crippen molar-refractivity contribution in [2.75, 3.05) is 18.0 Å². The summed E-state index contributed by atoms with van der Waals surface area (Å²) in [5.74, 6) is 2.66. The zero-order valence-electron chi connectivity index (χ0n) is 16.6. The molecule has 152 valence electrons. The van der Waals surface area contributed by atoms with Gasteiger partial charge in [0.1, 0.15) is 24.3 Å². The molecule has 10 heteroatoms. The van der Waals surface area contributed by atoms with E-state index in [0.717, 1.165) is 48.5 Å². The van der Waals surface area contributed by atoms with Crippen LogP contribution >= 0.6 is 0 Å². The van der Waals surface area contributed by atoms with Crippen LogP contribution < -0.4 is 10.5 Å². The Balaban J connectivity index is 1.32. The topological polar surface area (TPSA) is 108 Å². The normalized spacial score (nSPS) is 15.0. The molecule has 4 aromatic heterocycles. The van der Waals surface area contributed by atoms with E-state index in [1.54, 1.807) is 29.5 Å². The maximum Gasteiger partial charge on any atom is 0.266 e. The molecule has 0 N–H and O–H groups in total. The Morgan fingerprint density at radius 2 is 1.97 bits per heavy atom. The Bertz CT molecular complexity index is 1230. The van der Waals surface area contributed by atoms with Crippen LogP contribution in [0.3, 0.4) is 0 Å². The van der Waals surface area contributed by atoms with Crippen LogP contribution in [0.5, 0.6) is 0 Å². The highest BCUT2D eigenvalue weighted by Gasteiger charge is 2.23. The Labute approximate surface area is 172 Å². The van der Waals surface area contributed by atoms with Crippen molar-refractivity contribution in [1.29, 1.82) is 0 Å². The van der Waals surface area contributed by atoms with Gasteiger partial charge < -0.3 is 4.90 Å². The monoisotopic (exact) mass is 403 g/mol. The zero-order valence-corrected chi connectivity index (χ0v) is 16.6. The lowest BCUT2D eigenvalue weighted by molar-refractivity contribution is 0.334. The molecule has 0 spiro atoms. The number of fused-ring (bicyclic) bond motifs is 1. The molecule has 0 aromatic carbocycles. The molecule has 0 amide bonds. The number of piperidine rings is 1. The second-order valence-electron chi connectivity index (χ2n) is 7.47. The molecule has 1 fully saturated rings. The highest BCUT2D eigenvalue weighted by atomic mass is 16.1. The second-order valence-corrected chi connectivity index (χ2v) is 7.47.